The molecular formula is C10H10F3NO. The number of rotatable bonds is 1. The van der Waals surface area contributed by atoms with E-state index in [0.29, 0.717) is 0 Å². The zero-order valence-corrected chi connectivity index (χ0v) is 7.79. The van der Waals surface area contributed by atoms with Crippen molar-refractivity contribution in [3.63, 3.8) is 0 Å². The van der Waals surface area contributed by atoms with E-state index in [2.05, 4.69) is 10.1 Å². The third kappa shape index (κ3) is 2.30. The molecule has 0 bridgehead atoms. The molecule has 0 spiro atoms. The first-order valence-corrected chi connectivity index (χ1v) is 4.56. The molecule has 1 saturated heterocycles. The minimum atomic E-state index is -4.34. The lowest BCUT2D eigenvalue weighted by Gasteiger charge is -2.15. The van der Waals surface area contributed by atoms with Crippen molar-refractivity contribution in [1.29, 1.82) is 0 Å². The summed E-state index contributed by atoms with van der Waals surface area (Å²) >= 11 is 0. The van der Waals surface area contributed by atoms with Crippen LogP contribution in [0.5, 0.6) is 0 Å². The predicted octanol–water partition coefficient (Wildman–Crippen LogP) is 2.24. The minimum Gasteiger partial charge on any atom is -0.352 e. The molecule has 2 nitrogen and oxygen atoms in total. The van der Waals surface area contributed by atoms with Crippen LogP contribution in [0.4, 0.5) is 13.2 Å². The van der Waals surface area contributed by atoms with E-state index in [1.54, 1.807) is 24.3 Å². The molecular weight excluding hydrogens is 207 g/mol. The summed E-state index contributed by atoms with van der Waals surface area (Å²) in [4.78, 5) is 0. The normalized spacial score (nSPS) is 26.9. The molecule has 82 valence electrons. The van der Waals surface area contributed by atoms with Gasteiger partial charge in [0.05, 0.1) is 12.6 Å². The molecule has 0 radical (unpaired) electrons. The third-order valence-corrected chi connectivity index (χ3v) is 2.28. The highest BCUT2D eigenvalue weighted by atomic mass is 19.4. The van der Waals surface area contributed by atoms with Crippen LogP contribution in [-0.4, -0.2) is 19.0 Å². The number of hydrogen-bond acceptors (Lipinski definition) is 2. The topological polar surface area (TPSA) is 21.3 Å². The van der Waals surface area contributed by atoms with Crippen molar-refractivity contribution in [3.05, 3.63) is 35.9 Å². The van der Waals surface area contributed by atoms with Crippen LogP contribution in [0.2, 0.25) is 0 Å². The molecule has 1 fully saturated rings. The van der Waals surface area contributed by atoms with E-state index >= 15 is 0 Å². The Morgan fingerprint density at radius 3 is 2.40 bits per heavy atom. The molecule has 0 saturated carbocycles. The Bertz CT molecular complexity index is 325. The van der Waals surface area contributed by atoms with Gasteiger partial charge in [0, 0.05) is 0 Å². The third-order valence-electron chi connectivity index (χ3n) is 2.28. The average Bonchev–Trinajstić information content (AvgIpc) is 2.67. The van der Waals surface area contributed by atoms with E-state index < -0.39 is 12.4 Å². The summed E-state index contributed by atoms with van der Waals surface area (Å²) in [5, 5.41) is 2.40. The van der Waals surface area contributed by atoms with Gasteiger partial charge in [0.1, 0.15) is 0 Å². The predicted molar refractivity (Wildman–Crippen MR) is 48.1 cm³/mol. The molecule has 15 heavy (non-hydrogen) atoms. The SMILES string of the molecule is FC(F)(F)C1N[C@@H](c2ccccc2)CO1. The fourth-order valence-electron chi connectivity index (χ4n) is 1.54. The van der Waals surface area contributed by atoms with Gasteiger partial charge in [-0.25, -0.2) is 0 Å². The fourth-order valence-corrected chi connectivity index (χ4v) is 1.54. The van der Waals surface area contributed by atoms with Gasteiger partial charge in [-0.05, 0) is 5.56 Å². The molecule has 1 N–H and O–H groups in total. The molecule has 0 aliphatic carbocycles. The first-order chi connectivity index (χ1) is 7.07. The van der Waals surface area contributed by atoms with Crippen LogP contribution in [0.15, 0.2) is 30.3 Å². The van der Waals surface area contributed by atoms with Crippen molar-refractivity contribution in [3.8, 4) is 0 Å². The maximum absolute atomic E-state index is 12.3. The summed E-state index contributed by atoms with van der Waals surface area (Å²) in [7, 11) is 0. The molecule has 5 heteroatoms. The Balaban J connectivity index is 2.05. The van der Waals surface area contributed by atoms with Crippen molar-refractivity contribution >= 4 is 0 Å². The molecule has 2 rings (SSSR count). The zero-order valence-electron chi connectivity index (χ0n) is 7.79. The van der Waals surface area contributed by atoms with Crippen LogP contribution < -0.4 is 5.32 Å². The first-order valence-electron chi connectivity index (χ1n) is 4.56. The van der Waals surface area contributed by atoms with E-state index in [1.165, 1.54) is 0 Å². The molecule has 1 aliphatic rings. The molecule has 1 unspecified atom stereocenters. The summed E-state index contributed by atoms with van der Waals surface area (Å²) in [5.41, 5.74) is 0.809. The minimum absolute atomic E-state index is 0.0498. The molecule has 1 heterocycles. The smallest absolute Gasteiger partial charge is 0.352 e. The lowest BCUT2D eigenvalue weighted by Crippen LogP contribution is -2.39. The largest absolute Gasteiger partial charge is 0.428 e. The van der Waals surface area contributed by atoms with Crippen LogP contribution in [0.1, 0.15) is 11.6 Å². The number of benzene rings is 1. The van der Waals surface area contributed by atoms with E-state index in [-0.39, 0.29) is 12.6 Å². The summed E-state index contributed by atoms with van der Waals surface area (Å²) in [6, 6.07) is 8.58. The molecule has 0 amide bonds. The number of hydrogen-bond donors (Lipinski definition) is 1. The summed E-state index contributed by atoms with van der Waals surface area (Å²) in [6.07, 6.45) is -6.19. The van der Waals surface area contributed by atoms with Gasteiger partial charge in [0.2, 0.25) is 6.23 Å². The monoisotopic (exact) mass is 217 g/mol. The maximum atomic E-state index is 12.3. The Kier molecular flexibility index (Phi) is 2.67. The van der Waals surface area contributed by atoms with Crippen LogP contribution in [0.3, 0.4) is 0 Å². The molecule has 1 aliphatic heterocycles. The summed E-state index contributed by atoms with van der Waals surface area (Å²) in [5.74, 6) is 0. The Labute approximate surface area is 85.0 Å². The van der Waals surface area contributed by atoms with Crippen LogP contribution in [-0.2, 0) is 4.74 Å². The van der Waals surface area contributed by atoms with Gasteiger partial charge in [-0.1, -0.05) is 30.3 Å². The van der Waals surface area contributed by atoms with E-state index in [0.717, 1.165) is 5.56 Å². The van der Waals surface area contributed by atoms with Crippen molar-refractivity contribution in [2.45, 2.75) is 18.4 Å². The lowest BCUT2D eigenvalue weighted by molar-refractivity contribution is -0.212. The van der Waals surface area contributed by atoms with Crippen LogP contribution >= 0.6 is 0 Å². The van der Waals surface area contributed by atoms with Gasteiger partial charge in [-0.3, -0.25) is 5.32 Å². The molecule has 2 atom stereocenters. The van der Waals surface area contributed by atoms with Gasteiger partial charge in [-0.15, -0.1) is 0 Å². The highest BCUT2D eigenvalue weighted by Gasteiger charge is 2.45. The van der Waals surface area contributed by atoms with Gasteiger partial charge in [-0.2, -0.15) is 13.2 Å². The first kappa shape index (κ1) is 10.4. The highest BCUT2D eigenvalue weighted by molar-refractivity contribution is 5.19. The summed E-state index contributed by atoms with van der Waals surface area (Å²) in [6.45, 7) is 0.0498. The van der Waals surface area contributed by atoms with Gasteiger partial charge in [0.15, 0.2) is 0 Å². The fraction of sp³-hybridized carbons (Fsp3) is 0.400. The number of ether oxygens (including phenoxy) is 1. The number of halogens is 3. The van der Waals surface area contributed by atoms with Gasteiger partial charge in [0.25, 0.3) is 0 Å². The second-order valence-electron chi connectivity index (χ2n) is 3.38. The lowest BCUT2D eigenvalue weighted by atomic mass is 10.1. The van der Waals surface area contributed by atoms with Crippen LogP contribution in [0, 0.1) is 0 Å². The van der Waals surface area contributed by atoms with Crippen molar-refractivity contribution in [2.75, 3.05) is 6.61 Å². The Morgan fingerprint density at radius 1 is 1.20 bits per heavy atom. The molecule has 1 aromatic carbocycles. The second kappa shape index (κ2) is 3.83. The quantitative estimate of drug-likeness (QED) is 0.778. The Hall–Kier alpha value is -1.07. The van der Waals surface area contributed by atoms with Crippen molar-refractivity contribution < 1.29 is 17.9 Å². The standard InChI is InChI=1S/C10H10F3NO/c11-10(12,13)9-14-8(6-15-9)7-4-2-1-3-5-7/h1-5,8-9,14H,6H2/t8-,9?/m1/s1. The van der Waals surface area contributed by atoms with E-state index in [4.69, 9.17) is 0 Å². The Morgan fingerprint density at radius 2 is 1.87 bits per heavy atom. The number of alkyl halides is 3. The summed E-state index contributed by atoms with van der Waals surface area (Å²) < 4.78 is 41.4. The highest BCUT2D eigenvalue weighted by Crippen LogP contribution is 2.29. The van der Waals surface area contributed by atoms with Crippen molar-refractivity contribution in [1.82, 2.24) is 5.32 Å². The average molecular weight is 217 g/mol. The van der Waals surface area contributed by atoms with Crippen LogP contribution in [0.25, 0.3) is 0 Å². The molecule has 0 aromatic heterocycles. The number of nitrogens with one attached hydrogen (secondary N) is 1. The van der Waals surface area contributed by atoms with Gasteiger partial charge < -0.3 is 4.74 Å². The second-order valence-corrected chi connectivity index (χ2v) is 3.38. The molecule has 1 aromatic rings. The van der Waals surface area contributed by atoms with Crippen molar-refractivity contribution in [2.24, 2.45) is 0 Å². The maximum Gasteiger partial charge on any atom is 0.428 e. The van der Waals surface area contributed by atoms with E-state index in [9.17, 15) is 13.2 Å². The zero-order chi connectivity index (χ0) is 10.9. The van der Waals surface area contributed by atoms with Gasteiger partial charge >= 0.3 is 6.18 Å². The van der Waals surface area contributed by atoms with E-state index in [1.807, 2.05) is 6.07 Å².